The van der Waals surface area contributed by atoms with Crippen molar-refractivity contribution in [3.8, 4) is 0 Å². The Morgan fingerprint density at radius 3 is 2.91 bits per heavy atom. The zero-order valence-corrected chi connectivity index (χ0v) is 13.7. The van der Waals surface area contributed by atoms with Gasteiger partial charge in [0.05, 0.1) is 12.2 Å². The quantitative estimate of drug-likeness (QED) is 0.884. The van der Waals surface area contributed by atoms with Crippen molar-refractivity contribution in [1.82, 2.24) is 4.98 Å². The fourth-order valence-corrected chi connectivity index (χ4v) is 2.93. The van der Waals surface area contributed by atoms with Crippen LogP contribution in [0.2, 0.25) is 0 Å². The van der Waals surface area contributed by atoms with Crippen LogP contribution in [0.3, 0.4) is 0 Å². The predicted octanol–water partition coefficient (Wildman–Crippen LogP) is 3.51. The van der Waals surface area contributed by atoms with Crippen LogP contribution in [0, 0.1) is 11.6 Å². The highest BCUT2D eigenvalue weighted by Crippen LogP contribution is 2.30. The number of nitrogens with one attached hydrogen (secondary N) is 1. The van der Waals surface area contributed by atoms with Crippen molar-refractivity contribution in [1.29, 1.82) is 0 Å². The summed E-state index contributed by atoms with van der Waals surface area (Å²) in [6.07, 6.45) is 2.93. The second kappa shape index (κ2) is 6.62. The van der Waals surface area contributed by atoms with Crippen molar-refractivity contribution in [2.24, 2.45) is 0 Å². The molecule has 0 radical (unpaired) electrons. The Labute approximate surface area is 140 Å². The van der Waals surface area contributed by atoms with Gasteiger partial charge in [0, 0.05) is 23.3 Å². The highest BCUT2D eigenvalue weighted by atomic mass is 79.9. The third kappa shape index (κ3) is 3.67. The second-order valence-electron chi connectivity index (χ2n) is 5.33. The Morgan fingerprint density at radius 1 is 1.35 bits per heavy atom. The van der Waals surface area contributed by atoms with Crippen LogP contribution in [0.4, 0.5) is 20.3 Å². The standard InChI is InChI=1S/C16H14BrF2N3O/c17-11-3-4-14(20-8-11)21-15(23)9-22-5-1-2-10-6-12(18)7-13(19)16(10)22/h3-4,6-8H,1-2,5,9H2,(H,20,21,23). The van der Waals surface area contributed by atoms with E-state index in [9.17, 15) is 13.6 Å². The monoisotopic (exact) mass is 381 g/mol. The maximum atomic E-state index is 14.1. The van der Waals surface area contributed by atoms with E-state index in [1.807, 2.05) is 0 Å². The summed E-state index contributed by atoms with van der Waals surface area (Å²) >= 11 is 3.27. The van der Waals surface area contributed by atoms with Crippen LogP contribution in [0.25, 0.3) is 0 Å². The van der Waals surface area contributed by atoms with Crippen LogP contribution >= 0.6 is 15.9 Å². The SMILES string of the molecule is O=C(CN1CCCc2cc(F)cc(F)c21)Nc1ccc(Br)cn1. The molecule has 120 valence electrons. The fourth-order valence-electron chi connectivity index (χ4n) is 2.70. The van der Waals surface area contributed by atoms with Gasteiger partial charge in [0.15, 0.2) is 0 Å². The Hall–Kier alpha value is -2.02. The third-order valence-electron chi connectivity index (χ3n) is 3.63. The van der Waals surface area contributed by atoms with Crippen molar-refractivity contribution >= 4 is 33.3 Å². The van der Waals surface area contributed by atoms with E-state index in [2.05, 4.69) is 26.2 Å². The molecule has 0 bridgehead atoms. The summed E-state index contributed by atoms with van der Waals surface area (Å²) in [7, 11) is 0. The minimum atomic E-state index is -0.630. The molecule has 0 saturated heterocycles. The van der Waals surface area contributed by atoms with Crippen molar-refractivity contribution < 1.29 is 13.6 Å². The van der Waals surface area contributed by atoms with E-state index in [1.54, 1.807) is 23.2 Å². The number of carbonyl (C=O) groups is 1. The lowest BCUT2D eigenvalue weighted by atomic mass is 10.0. The number of hydrogen-bond donors (Lipinski definition) is 1. The summed E-state index contributed by atoms with van der Waals surface area (Å²) in [5, 5.41) is 2.67. The van der Waals surface area contributed by atoms with E-state index in [4.69, 9.17) is 0 Å². The van der Waals surface area contributed by atoms with Gasteiger partial charge >= 0.3 is 0 Å². The summed E-state index contributed by atoms with van der Waals surface area (Å²) in [6, 6.07) is 5.62. The number of amides is 1. The number of halogens is 3. The summed E-state index contributed by atoms with van der Waals surface area (Å²) in [5.41, 5.74) is 0.917. The zero-order valence-electron chi connectivity index (χ0n) is 12.2. The van der Waals surface area contributed by atoms with E-state index >= 15 is 0 Å². The van der Waals surface area contributed by atoms with E-state index in [1.165, 1.54) is 6.07 Å². The summed E-state index contributed by atoms with van der Waals surface area (Å²) in [6.45, 7) is 0.546. The van der Waals surface area contributed by atoms with Crippen LogP contribution in [0.15, 0.2) is 34.9 Å². The van der Waals surface area contributed by atoms with E-state index < -0.39 is 11.6 Å². The molecule has 0 aliphatic carbocycles. The number of nitrogens with zero attached hydrogens (tertiary/aromatic N) is 2. The minimum absolute atomic E-state index is 0.00665. The average molecular weight is 382 g/mol. The molecule has 2 heterocycles. The molecule has 1 aliphatic heterocycles. The van der Waals surface area contributed by atoms with E-state index in [-0.39, 0.29) is 12.5 Å². The number of benzene rings is 1. The van der Waals surface area contributed by atoms with Crippen molar-refractivity contribution in [3.63, 3.8) is 0 Å². The zero-order chi connectivity index (χ0) is 16.4. The van der Waals surface area contributed by atoms with Gasteiger partial charge in [-0.3, -0.25) is 4.79 Å². The Kier molecular flexibility index (Phi) is 4.56. The third-order valence-corrected chi connectivity index (χ3v) is 4.10. The maximum Gasteiger partial charge on any atom is 0.245 e. The predicted molar refractivity (Wildman–Crippen MR) is 87.5 cm³/mol. The summed E-state index contributed by atoms with van der Waals surface area (Å²) in [4.78, 5) is 17.9. The van der Waals surface area contributed by atoms with Gasteiger partial charge in [-0.25, -0.2) is 13.8 Å². The second-order valence-corrected chi connectivity index (χ2v) is 6.25. The van der Waals surface area contributed by atoms with Gasteiger partial charge in [-0.1, -0.05) is 0 Å². The molecule has 2 aromatic rings. The number of aromatic nitrogens is 1. The number of aryl methyl sites for hydroxylation is 1. The first-order chi connectivity index (χ1) is 11.0. The molecule has 23 heavy (non-hydrogen) atoms. The normalized spacial score (nSPS) is 13.6. The van der Waals surface area contributed by atoms with Crippen LogP contribution < -0.4 is 10.2 Å². The van der Waals surface area contributed by atoms with Crippen molar-refractivity contribution in [2.45, 2.75) is 12.8 Å². The van der Waals surface area contributed by atoms with Crippen LogP contribution in [0.1, 0.15) is 12.0 Å². The molecule has 0 atom stereocenters. The topological polar surface area (TPSA) is 45.2 Å². The summed E-state index contributed by atoms with van der Waals surface area (Å²) in [5.74, 6) is -1.09. The van der Waals surface area contributed by atoms with Crippen LogP contribution in [0.5, 0.6) is 0 Å². The molecule has 4 nitrogen and oxygen atoms in total. The highest BCUT2D eigenvalue weighted by Gasteiger charge is 2.23. The van der Waals surface area contributed by atoms with Gasteiger partial charge < -0.3 is 10.2 Å². The maximum absolute atomic E-state index is 14.1. The van der Waals surface area contributed by atoms with Gasteiger partial charge in [0.1, 0.15) is 17.5 Å². The first-order valence-corrected chi connectivity index (χ1v) is 7.96. The minimum Gasteiger partial charge on any atom is -0.360 e. The Bertz CT molecular complexity index is 737. The Morgan fingerprint density at radius 2 is 2.17 bits per heavy atom. The fraction of sp³-hybridized carbons (Fsp3) is 0.250. The largest absolute Gasteiger partial charge is 0.360 e. The lowest BCUT2D eigenvalue weighted by Crippen LogP contribution is -2.37. The van der Waals surface area contributed by atoms with Crippen LogP contribution in [-0.4, -0.2) is 24.0 Å². The number of hydrogen-bond acceptors (Lipinski definition) is 3. The lowest BCUT2D eigenvalue weighted by molar-refractivity contribution is -0.115. The van der Waals surface area contributed by atoms with E-state index in [0.29, 0.717) is 30.0 Å². The summed E-state index contributed by atoms with van der Waals surface area (Å²) < 4.78 is 28.2. The average Bonchev–Trinajstić information content (AvgIpc) is 2.49. The molecule has 3 rings (SSSR count). The number of anilines is 2. The molecule has 7 heteroatoms. The molecule has 1 aliphatic rings. The van der Waals surface area contributed by atoms with E-state index in [0.717, 1.165) is 17.0 Å². The highest BCUT2D eigenvalue weighted by molar-refractivity contribution is 9.10. The van der Waals surface area contributed by atoms with Gasteiger partial charge in [0.2, 0.25) is 5.91 Å². The first kappa shape index (κ1) is 15.9. The molecule has 1 aromatic heterocycles. The Balaban J connectivity index is 1.74. The number of pyridine rings is 1. The lowest BCUT2D eigenvalue weighted by Gasteiger charge is -2.31. The molecule has 0 fully saturated rings. The van der Waals surface area contributed by atoms with Crippen molar-refractivity contribution in [3.05, 3.63) is 52.1 Å². The molecule has 1 aromatic carbocycles. The van der Waals surface area contributed by atoms with Gasteiger partial charge in [0.25, 0.3) is 0 Å². The van der Waals surface area contributed by atoms with Gasteiger partial charge in [-0.05, 0) is 52.5 Å². The van der Waals surface area contributed by atoms with Crippen molar-refractivity contribution in [2.75, 3.05) is 23.3 Å². The molecule has 0 saturated carbocycles. The molecular weight excluding hydrogens is 368 g/mol. The number of rotatable bonds is 3. The van der Waals surface area contributed by atoms with Gasteiger partial charge in [-0.2, -0.15) is 0 Å². The first-order valence-electron chi connectivity index (χ1n) is 7.17. The molecule has 0 spiro atoms. The molecule has 1 N–H and O–H groups in total. The molecular formula is C16H14BrF2N3O. The number of fused-ring (bicyclic) bond motifs is 1. The smallest absolute Gasteiger partial charge is 0.245 e. The van der Waals surface area contributed by atoms with Gasteiger partial charge in [-0.15, -0.1) is 0 Å². The molecule has 1 amide bonds. The molecule has 0 unspecified atom stereocenters. The van der Waals surface area contributed by atoms with Crippen LogP contribution in [-0.2, 0) is 11.2 Å². The number of carbonyl (C=O) groups excluding carboxylic acids is 1.